The summed E-state index contributed by atoms with van der Waals surface area (Å²) in [6, 6.07) is 13.0. The zero-order chi connectivity index (χ0) is 20.1. The van der Waals surface area contributed by atoms with Gasteiger partial charge in [0, 0.05) is 29.9 Å². The molecule has 3 aromatic rings. The average molecular weight is 402 g/mol. The summed E-state index contributed by atoms with van der Waals surface area (Å²) in [6.45, 7) is 0. The van der Waals surface area contributed by atoms with Crippen molar-refractivity contribution >= 4 is 17.6 Å². The van der Waals surface area contributed by atoms with E-state index >= 15 is 0 Å². The van der Waals surface area contributed by atoms with Gasteiger partial charge in [-0.2, -0.15) is 0 Å². The summed E-state index contributed by atoms with van der Waals surface area (Å²) in [4.78, 5) is 19.1. The number of pyridine rings is 2. The summed E-state index contributed by atoms with van der Waals surface area (Å²) in [6.07, 6.45) is 1.55. The lowest BCUT2D eigenvalue weighted by Crippen LogP contribution is -2.26. The van der Waals surface area contributed by atoms with E-state index in [9.17, 15) is 9.18 Å². The van der Waals surface area contributed by atoms with Crippen molar-refractivity contribution in [2.24, 2.45) is 5.73 Å². The highest BCUT2D eigenvalue weighted by molar-refractivity contribution is 6.30. The number of aliphatic carboxylic acids is 1. The Balaban J connectivity index is 1.72. The lowest BCUT2D eigenvalue weighted by molar-refractivity contribution is -0.137. The van der Waals surface area contributed by atoms with E-state index in [2.05, 4.69) is 9.97 Å². The van der Waals surface area contributed by atoms with Crippen LogP contribution in [0.2, 0.25) is 5.02 Å². The minimum absolute atomic E-state index is 0.118. The normalized spacial score (nSPS) is 11.8. The minimum Gasteiger partial charge on any atom is -0.481 e. The summed E-state index contributed by atoms with van der Waals surface area (Å²) in [5.74, 6) is -1.34. The molecule has 144 valence electrons. The first-order chi connectivity index (χ1) is 13.4. The molecule has 3 N–H and O–H groups in total. The van der Waals surface area contributed by atoms with E-state index in [1.54, 1.807) is 30.3 Å². The van der Waals surface area contributed by atoms with Crippen LogP contribution in [0.3, 0.4) is 0 Å². The Kier molecular flexibility index (Phi) is 6.18. The number of carboxylic acid groups (broad SMARTS) is 1. The maximum atomic E-state index is 13.8. The van der Waals surface area contributed by atoms with Gasteiger partial charge in [-0.25, -0.2) is 9.37 Å². The van der Waals surface area contributed by atoms with Crippen LogP contribution in [0.4, 0.5) is 4.39 Å². The SMILES string of the molecule is N[C@@H](CC(=O)O)Cc1cccc(-c2ccc(Oc3ncc(Cl)cc3F)cc2)n1. The van der Waals surface area contributed by atoms with E-state index in [4.69, 9.17) is 27.2 Å². The molecule has 2 heterocycles. The van der Waals surface area contributed by atoms with Crippen LogP contribution in [0, 0.1) is 5.82 Å². The topological polar surface area (TPSA) is 98.3 Å². The van der Waals surface area contributed by atoms with Crippen LogP contribution < -0.4 is 10.5 Å². The molecule has 28 heavy (non-hydrogen) atoms. The fraction of sp³-hybridized carbons (Fsp3) is 0.150. The van der Waals surface area contributed by atoms with Gasteiger partial charge in [0.1, 0.15) is 5.75 Å². The Morgan fingerprint density at radius 2 is 2.00 bits per heavy atom. The van der Waals surface area contributed by atoms with E-state index in [-0.39, 0.29) is 17.3 Å². The second-order valence-electron chi connectivity index (χ2n) is 6.14. The van der Waals surface area contributed by atoms with Crippen molar-refractivity contribution in [1.82, 2.24) is 9.97 Å². The number of halogens is 2. The Labute approximate surface area is 165 Å². The zero-order valence-electron chi connectivity index (χ0n) is 14.7. The Morgan fingerprint density at radius 3 is 2.68 bits per heavy atom. The number of benzene rings is 1. The van der Waals surface area contributed by atoms with Crippen LogP contribution >= 0.6 is 11.6 Å². The molecule has 0 aliphatic carbocycles. The van der Waals surface area contributed by atoms with Gasteiger partial charge in [0.15, 0.2) is 5.82 Å². The maximum Gasteiger partial charge on any atom is 0.304 e. The highest BCUT2D eigenvalue weighted by Gasteiger charge is 2.11. The monoisotopic (exact) mass is 401 g/mol. The number of rotatable bonds is 7. The van der Waals surface area contributed by atoms with Crippen molar-refractivity contribution in [3.8, 4) is 22.9 Å². The van der Waals surface area contributed by atoms with Crippen molar-refractivity contribution < 1.29 is 19.0 Å². The third kappa shape index (κ3) is 5.25. The molecular weight excluding hydrogens is 385 g/mol. The van der Waals surface area contributed by atoms with Crippen molar-refractivity contribution in [1.29, 1.82) is 0 Å². The first-order valence-corrected chi connectivity index (χ1v) is 8.81. The van der Waals surface area contributed by atoms with Gasteiger partial charge >= 0.3 is 5.97 Å². The standard InChI is InChI=1S/C20H17ClFN3O3/c21-13-8-17(22)20(24-11-13)28-16-6-4-12(5-7-16)18-3-1-2-15(25-18)9-14(23)10-19(26)27/h1-8,11,14H,9-10,23H2,(H,26,27)/t14-/m1/s1. The largest absolute Gasteiger partial charge is 0.481 e. The molecular formula is C20H17ClFN3O3. The number of nitrogens with zero attached hydrogens (tertiary/aromatic N) is 2. The Bertz CT molecular complexity index is 983. The highest BCUT2D eigenvalue weighted by Crippen LogP contribution is 2.26. The van der Waals surface area contributed by atoms with Gasteiger partial charge in [-0.05, 0) is 42.5 Å². The van der Waals surface area contributed by atoms with Crippen LogP contribution in [0.1, 0.15) is 12.1 Å². The van der Waals surface area contributed by atoms with Crippen LogP contribution in [0.15, 0.2) is 54.7 Å². The first-order valence-electron chi connectivity index (χ1n) is 8.43. The van der Waals surface area contributed by atoms with Crippen LogP contribution in [0.25, 0.3) is 11.3 Å². The van der Waals surface area contributed by atoms with E-state index < -0.39 is 17.8 Å². The van der Waals surface area contributed by atoms with Gasteiger partial charge in [-0.15, -0.1) is 0 Å². The maximum absolute atomic E-state index is 13.8. The summed E-state index contributed by atoms with van der Waals surface area (Å²) in [5, 5.41) is 9.00. The van der Waals surface area contributed by atoms with Crippen LogP contribution in [0.5, 0.6) is 11.6 Å². The van der Waals surface area contributed by atoms with E-state index in [0.29, 0.717) is 23.6 Å². The summed E-state index contributed by atoms with van der Waals surface area (Å²) in [5.41, 5.74) is 8.07. The molecule has 0 unspecified atom stereocenters. The summed E-state index contributed by atoms with van der Waals surface area (Å²) >= 11 is 5.68. The quantitative estimate of drug-likeness (QED) is 0.619. The molecule has 0 saturated heterocycles. The molecule has 1 atom stereocenters. The lowest BCUT2D eigenvalue weighted by Gasteiger charge is -2.10. The van der Waals surface area contributed by atoms with Gasteiger partial charge in [0.2, 0.25) is 0 Å². The van der Waals surface area contributed by atoms with Gasteiger partial charge in [0.05, 0.1) is 17.1 Å². The molecule has 0 aliphatic heterocycles. The smallest absolute Gasteiger partial charge is 0.304 e. The van der Waals surface area contributed by atoms with Gasteiger partial charge < -0.3 is 15.6 Å². The molecule has 0 aliphatic rings. The van der Waals surface area contributed by atoms with Crippen molar-refractivity contribution in [3.63, 3.8) is 0 Å². The predicted octanol–water partition coefficient (Wildman–Crippen LogP) is 4.07. The molecule has 3 rings (SSSR count). The molecule has 6 nitrogen and oxygen atoms in total. The van der Waals surface area contributed by atoms with E-state index in [1.165, 1.54) is 6.20 Å². The van der Waals surface area contributed by atoms with Gasteiger partial charge in [0.25, 0.3) is 5.88 Å². The third-order valence-electron chi connectivity index (χ3n) is 3.85. The number of hydrogen-bond donors (Lipinski definition) is 2. The first kappa shape index (κ1) is 19.7. The molecule has 0 fully saturated rings. The number of carboxylic acids is 1. The molecule has 0 spiro atoms. The molecule has 8 heteroatoms. The van der Waals surface area contributed by atoms with Gasteiger partial charge in [-0.1, -0.05) is 17.7 Å². The van der Waals surface area contributed by atoms with Crippen LogP contribution in [-0.2, 0) is 11.2 Å². The number of nitrogens with two attached hydrogens (primary N) is 1. The molecule has 0 saturated carbocycles. The molecule has 2 aromatic heterocycles. The lowest BCUT2D eigenvalue weighted by atomic mass is 10.1. The number of hydrogen-bond acceptors (Lipinski definition) is 5. The average Bonchev–Trinajstić information content (AvgIpc) is 2.64. The van der Waals surface area contributed by atoms with E-state index in [1.807, 2.05) is 12.1 Å². The van der Waals surface area contributed by atoms with Crippen molar-refractivity contribution in [2.45, 2.75) is 18.9 Å². The third-order valence-corrected chi connectivity index (χ3v) is 4.06. The van der Waals surface area contributed by atoms with Crippen molar-refractivity contribution in [2.75, 3.05) is 0 Å². The second-order valence-corrected chi connectivity index (χ2v) is 6.58. The van der Waals surface area contributed by atoms with Crippen LogP contribution in [-0.4, -0.2) is 27.1 Å². The molecule has 0 amide bonds. The fourth-order valence-electron chi connectivity index (χ4n) is 2.60. The van der Waals surface area contributed by atoms with Crippen molar-refractivity contribution in [3.05, 3.63) is 71.3 Å². The number of aromatic nitrogens is 2. The number of ether oxygens (including phenoxy) is 1. The minimum atomic E-state index is -0.939. The Morgan fingerprint density at radius 1 is 1.25 bits per heavy atom. The summed E-state index contributed by atoms with van der Waals surface area (Å²) < 4.78 is 19.2. The summed E-state index contributed by atoms with van der Waals surface area (Å²) in [7, 11) is 0. The molecule has 1 aromatic carbocycles. The fourth-order valence-corrected chi connectivity index (χ4v) is 2.75. The highest BCUT2D eigenvalue weighted by atomic mass is 35.5. The molecule has 0 bridgehead atoms. The Hall–Kier alpha value is -3.03. The zero-order valence-corrected chi connectivity index (χ0v) is 15.4. The van der Waals surface area contributed by atoms with E-state index in [0.717, 1.165) is 11.6 Å². The number of carbonyl (C=O) groups is 1. The molecule has 0 radical (unpaired) electrons. The predicted molar refractivity (Wildman–Crippen MR) is 103 cm³/mol. The van der Waals surface area contributed by atoms with Gasteiger partial charge in [-0.3, -0.25) is 9.78 Å². The second kappa shape index (κ2) is 8.77.